The van der Waals surface area contributed by atoms with E-state index in [0.29, 0.717) is 5.69 Å². The van der Waals surface area contributed by atoms with E-state index in [1.807, 2.05) is 26.0 Å². The van der Waals surface area contributed by atoms with Crippen molar-refractivity contribution in [2.24, 2.45) is 0 Å². The molecule has 0 aromatic carbocycles. The summed E-state index contributed by atoms with van der Waals surface area (Å²) in [7, 11) is 0. The summed E-state index contributed by atoms with van der Waals surface area (Å²) < 4.78 is 0. The number of carbonyl (C=O) groups is 1. The van der Waals surface area contributed by atoms with Crippen molar-refractivity contribution in [2.75, 3.05) is 18.1 Å². The summed E-state index contributed by atoms with van der Waals surface area (Å²) in [4.78, 5) is 16.7. The number of aromatic nitrogens is 1. The van der Waals surface area contributed by atoms with Gasteiger partial charge < -0.3 is 5.11 Å². The van der Waals surface area contributed by atoms with Crippen LogP contribution in [0.3, 0.4) is 0 Å². The molecule has 0 amide bonds. The second kappa shape index (κ2) is 6.93. The van der Waals surface area contributed by atoms with Crippen LogP contribution in [0.25, 0.3) is 0 Å². The van der Waals surface area contributed by atoms with Gasteiger partial charge in [0.05, 0.1) is 5.03 Å². The Kier molecular flexibility index (Phi) is 5.87. The van der Waals surface area contributed by atoms with Gasteiger partial charge >= 0.3 is 0 Å². The SMILES string of the molecule is CCSc1ccc(SCC)c(C(=O)CO)n1. The zero-order chi connectivity index (χ0) is 12.0. The number of hydrogen-bond acceptors (Lipinski definition) is 5. The molecule has 16 heavy (non-hydrogen) atoms. The first-order chi connectivity index (χ1) is 7.72. The molecule has 1 aromatic heterocycles. The van der Waals surface area contributed by atoms with Crippen LogP contribution < -0.4 is 0 Å². The predicted octanol–water partition coefficient (Wildman–Crippen LogP) is 2.48. The molecule has 0 saturated heterocycles. The Morgan fingerprint density at radius 2 is 2.00 bits per heavy atom. The fourth-order valence-corrected chi connectivity index (χ4v) is 2.59. The summed E-state index contributed by atoms with van der Waals surface area (Å²) in [6.45, 7) is 3.58. The Labute approximate surface area is 104 Å². The minimum atomic E-state index is -0.482. The number of aliphatic hydroxyl groups excluding tert-OH is 1. The zero-order valence-corrected chi connectivity index (χ0v) is 11.0. The van der Waals surface area contributed by atoms with E-state index in [1.165, 1.54) is 0 Å². The second-order valence-corrected chi connectivity index (χ2v) is 5.53. The highest BCUT2D eigenvalue weighted by molar-refractivity contribution is 7.99. The first-order valence-electron chi connectivity index (χ1n) is 5.13. The summed E-state index contributed by atoms with van der Waals surface area (Å²) in [6, 6.07) is 3.82. The number of thioether (sulfide) groups is 2. The molecule has 0 fully saturated rings. The third-order valence-electron chi connectivity index (χ3n) is 1.83. The summed E-state index contributed by atoms with van der Waals surface area (Å²) in [5.74, 6) is 1.49. The molecule has 0 bridgehead atoms. The van der Waals surface area contributed by atoms with Crippen molar-refractivity contribution in [2.45, 2.75) is 23.8 Å². The van der Waals surface area contributed by atoms with Crippen LogP contribution in [0.1, 0.15) is 24.3 Å². The molecule has 3 nitrogen and oxygen atoms in total. The van der Waals surface area contributed by atoms with E-state index in [0.717, 1.165) is 21.4 Å². The van der Waals surface area contributed by atoms with Crippen molar-refractivity contribution < 1.29 is 9.90 Å². The van der Waals surface area contributed by atoms with Gasteiger partial charge in [0, 0.05) is 4.90 Å². The van der Waals surface area contributed by atoms with E-state index in [-0.39, 0.29) is 5.78 Å². The molecule has 1 N–H and O–H groups in total. The largest absolute Gasteiger partial charge is 0.388 e. The number of rotatable bonds is 6. The average molecular weight is 257 g/mol. The van der Waals surface area contributed by atoms with Crippen LogP contribution in [-0.4, -0.2) is 34.0 Å². The molecule has 0 aliphatic heterocycles. The molecule has 1 aromatic rings. The van der Waals surface area contributed by atoms with Crippen molar-refractivity contribution in [3.8, 4) is 0 Å². The van der Waals surface area contributed by atoms with Gasteiger partial charge in [0.2, 0.25) is 5.78 Å². The molecular weight excluding hydrogens is 242 g/mol. The fraction of sp³-hybridized carbons (Fsp3) is 0.455. The quantitative estimate of drug-likeness (QED) is 0.627. The molecular formula is C11H15NO2S2. The molecule has 1 rings (SSSR count). The molecule has 0 unspecified atom stereocenters. The van der Waals surface area contributed by atoms with Crippen LogP contribution >= 0.6 is 23.5 Å². The van der Waals surface area contributed by atoms with Gasteiger partial charge in [0.15, 0.2) is 0 Å². The first kappa shape index (κ1) is 13.5. The number of aliphatic hydroxyl groups is 1. The molecule has 5 heteroatoms. The highest BCUT2D eigenvalue weighted by Gasteiger charge is 2.13. The maximum atomic E-state index is 11.5. The third kappa shape index (κ3) is 3.50. The highest BCUT2D eigenvalue weighted by Crippen LogP contribution is 2.25. The van der Waals surface area contributed by atoms with Gasteiger partial charge in [-0.15, -0.1) is 23.5 Å². The lowest BCUT2D eigenvalue weighted by Crippen LogP contribution is -2.09. The lowest BCUT2D eigenvalue weighted by atomic mass is 10.2. The Morgan fingerprint density at radius 3 is 2.56 bits per heavy atom. The van der Waals surface area contributed by atoms with Gasteiger partial charge in [-0.25, -0.2) is 4.98 Å². The Bertz CT molecular complexity index is 369. The second-order valence-electron chi connectivity index (χ2n) is 2.94. The average Bonchev–Trinajstić information content (AvgIpc) is 2.31. The first-order valence-corrected chi connectivity index (χ1v) is 7.10. The minimum Gasteiger partial charge on any atom is -0.388 e. The maximum Gasteiger partial charge on any atom is 0.207 e. The van der Waals surface area contributed by atoms with E-state index in [4.69, 9.17) is 5.11 Å². The molecule has 0 spiro atoms. The molecule has 1 heterocycles. The van der Waals surface area contributed by atoms with E-state index in [9.17, 15) is 4.79 Å². The van der Waals surface area contributed by atoms with Crippen LogP contribution in [-0.2, 0) is 0 Å². The van der Waals surface area contributed by atoms with Gasteiger partial charge in [-0.2, -0.15) is 0 Å². The van der Waals surface area contributed by atoms with Crippen LogP contribution in [0.5, 0.6) is 0 Å². The van der Waals surface area contributed by atoms with Gasteiger partial charge in [0.1, 0.15) is 12.3 Å². The standard InChI is InChI=1S/C11H15NO2S2/c1-3-15-9-5-6-10(16-4-2)12-11(9)8(14)7-13/h5-6,13H,3-4,7H2,1-2H3. The lowest BCUT2D eigenvalue weighted by molar-refractivity contribution is 0.0894. The maximum absolute atomic E-state index is 11.5. The number of Topliss-reactive ketones (excluding diaryl/α,β-unsaturated/α-hetero) is 1. The van der Waals surface area contributed by atoms with E-state index < -0.39 is 6.61 Å². The minimum absolute atomic E-state index is 0.311. The third-order valence-corrected chi connectivity index (χ3v) is 3.57. The Balaban J connectivity index is 3.05. The predicted molar refractivity (Wildman–Crippen MR) is 68.4 cm³/mol. The Morgan fingerprint density at radius 1 is 1.31 bits per heavy atom. The summed E-state index contributed by atoms with van der Waals surface area (Å²) >= 11 is 3.16. The monoisotopic (exact) mass is 257 g/mol. The summed E-state index contributed by atoms with van der Waals surface area (Å²) in [5, 5.41) is 9.73. The number of nitrogens with zero attached hydrogens (tertiary/aromatic N) is 1. The summed E-state index contributed by atoms with van der Waals surface area (Å²) in [6.07, 6.45) is 0. The molecule has 0 radical (unpaired) electrons. The fourth-order valence-electron chi connectivity index (χ4n) is 1.20. The lowest BCUT2D eigenvalue weighted by Gasteiger charge is -2.07. The van der Waals surface area contributed by atoms with Crippen molar-refractivity contribution in [3.63, 3.8) is 0 Å². The van der Waals surface area contributed by atoms with Gasteiger partial charge in [0.25, 0.3) is 0 Å². The molecule has 0 aliphatic carbocycles. The number of pyridine rings is 1. The van der Waals surface area contributed by atoms with Crippen LogP contribution in [0, 0.1) is 0 Å². The normalized spacial score (nSPS) is 10.4. The van der Waals surface area contributed by atoms with Crippen LogP contribution in [0.2, 0.25) is 0 Å². The van der Waals surface area contributed by atoms with Crippen molar-refractivity contribution in [1.29, 1.82) is 0 Å². The topological polar surface area (TPSA) is 50.2 Å². The Hall–Kier alpha value is -0.520. The molecule has 0 saturated carbocycles. The van der Waals surface area contributed by atoms with Crippen LogP contribution in [0.15, 0.2) is 22.1 Å². The number of ketones is 1. The highest BCUT2D eigenvalue weighted by atomic mass is 32.2. The van der Waals surface area contributed by atoms with Crippen LogP contribution in [0.4, 0.5) is 0 Å². The number of carbonyl (C=O) groups excluding carboxylic acids is 1. The van der Waals surface area contributed by atoms with E-state index in [2.05, 4.69) is 4.98 Å². The van der Waals surface area contributed by atoms with Crippen molar-refractivity contribution in [3.05, 3.63) is 17.8 Å². The van der Waals surface area contributed by atoms with Gasteiger partial charge in [-0.05, 0) is 23.6 Å². The van der Waals surface area contributed by atoms with Crippen molar-refractivity contribution in [1.82, 2.24) is 4.98 Å². The van der Waals surface area contributed by atoms with Crippen molar-refractivity contribution >= 4 is 29.3 Å². The zero-order valence-electron chi connectivity index (χ0n) is 9.40. The smallest absolute Gasteiger partial charge is 0.207 e. The number of hydrogen-bond donors (Lipinski definition) is 1. The molecule has 0 atom stereocenters. The summed E-state index contributed by atoms with van der Waals surface area (Å²) in [5.41, 5.74) is 0.396. The molecule has 88 valence electrons. The van der Waals surface area contributed by atoms with Gasteiger partial charge in [-0.3, -0.25) is 4.79 Å². The van der Waals surface area contributed by atoms with E-state index in [1.54, 1.807) is 23.5 Å². The van der Waals surface area contributed by atoms with Gasteiger partial charge in [-0.1, -0.05) is 13.8 Å². The molecule has 0 aliphatic rings. The van der Waals surface area contributed by atoms with E-state index >= 15 is 0 Å².